The lowest BCUT2D eigenvalue weighted by atomic mass is 9.67. The van der Waals surface area contributed by atoms with E-state index in [9.17, 15) is 14.7 Å². The Morgan fingerprint density at radius 3 is 2.39 bits per heavy atom. The predicted octanol–water partition coefficient (Wildman–Crippen LogP) is 5.09. The number of amides is 3. The molecule has 2 fully saturated rings. The van der Waals surface area contributed by atoms with Gasteiger partial charge in [0.25, 0.3) is 0 Å². The quantitative estimate of drug-likeness (QED) is 0.431. The van der Waals surface area contributed by atoms with Crippen LogP contribution in [0.4, 0.5) is 10.6 Å². The van der Waals surface area contributed by atoms with Crippen LogP contribution in [0.5, 0.6) is 0 Å². The van der Waals surface area contributed by atoms with E-state index in [-0.39, 0.29) is 30.3 Å². The Hall–Kier alpha value is -2.93. The van der Waals surface area contributed by atoms with Crippen molar-refractivity contribution < 1.29 is 14.7 Å². The summed E-state index contributed by atoms with van der Waals surface area (Å²) >= 11 is 0. The van der Waals surface area contributed by atoms with Gasteiger partial charge in [-0.25, -0.2) is 9.78 Å². The summed E-state index contributed by atoms with van der Waals surface area (Å²) in [6, 6.07) is 15.9. The second-order valence-electron chi connectivity index (χ2n) is 10.7. The summed E-state index contributed by atoms with van der Waals surface area (Å²) in [5.74, 6) is 0.905. The first kappa shape index (κ1) is 26.1. The fourth-order valence-corrected chi connectivity index (χ4v) is 5.56. The molecule has 1 heterocycles. The molecular weight excluding hydrogens is 452 g/mol. The first-order valence-electron chi connectivity index (χ1n) is 13.4. The van der Waals surface area contributed by atoms with Gasteiger partial charge in [0.15, 0.2) is 0 Å². The second kappa shape index (κ2) is 11.9. The van der Waals surface area contributed by atoms with Crippen LogP contribution in [-0.2, 0) is 4.79 Å². The Bertz CT molecular complexity index is 986. The Balaban J connectivity index is 1.39. The molecule has 0 unspecified atom stereocenters. The molecule has 7 heteroatoms. The molecule has 36 heavy (non-hydrogen) atoms. The van der Waals surface area contributed by atoms with Gasteiger partial charge >= 0.3 is 6.03 Å². The summed E-state index contributed by atoms with van der Waals surface area (Å²) in [5, 5.41) is 16.2. The summed E-state index contributed by atoms with van der Waals surface area (Å²) in [6.45, 7) is 3.42. The van der Waals surface area contributed by atoms with E-state index in [2.05, 4.69) is 52.9 Å². The van der Waals surface area contributed by atoms with Gasteiger partial charge in [0.1, 0.15) is 5.82 Å². The van der Waals surface area contributed by atoms with E-state index >= 15 is 0 Å². The van der Waals surface area contributed by atoms with Crippen molar-refractivity contribution in [2.24, 2.45) is 5.41 Å². The molecule has 0 radical (unpaired) electrons. The molecule has 1 aromatic heterocycles. The molecule has 7 nitrogen and oxygen atoms in total. The molecule has 194 valence electrons. The third-order valence-electron chi connectivity index (χ3n) is 8.27. The first-order chi connectivity index (χ1) is 17.4. The number of aromatic nitrogens is 1. The van der Waals surface area contributed by atoms with Crippen molar-refractivity contribution in [3.8, 4) is 0 Å². The zero-order valence-electron chi connectivity index (χ0n) is 21.4. The second-order valence-corrected chi connectivity index (χ2v) is 10.7. The highest BCUT2D eigenvalue weighted by molar-refractivity contribution is 5.90. The van der Waals surface area contributed by atoms with Crippen LogP contribution in [-0.4, -0.2) is 52.2 Å². The van der Waals surface area contributed by atoms with Gasteiger partial charge < -0.3 is 20.6 Å². The number of pyridine rings is 1. The van der Waals surface area contributed by atoms with Crippen LogP contribution < -0.4 is 10.6 Å². The molecule has 2 saturated carbocycles. The highest BCUT2D eigenvalue weighted by atomic mass is 16.3. The standard InChI is InChI=1S/C29H40N4O3/c1-2-28(17-12-24(13-18-28)23-9-4-3-5-10-23)22-33(27(35)31-21-29(36)15-8-16-29)20-14-26(34)32-25-11-6-7-19-30-25/h3-7,9-11,19,24,36H,2,8,12-18,20-22H2,1H3,(H,31,35)(H,30,32,34). The number of nitrogens with one attached hydrogen (secondary N) is 2. The number of benzene rings is 1. The average molecular weight is 493 g/mol. The van der Waals surface area contributed by atoms with Crippen LogP contribution in [0.25, 0.3) is 0 Å². The number of nitrogens with zero attached hydrogens (tertiary/aromatic N) is 2. The largest absolute Gasteiger partial charge is 0.388 e. The molecule has 3 amide bonds. The number of carbonyl (C=O) groups is 2. The molecule has 0 atom stereocenters. The van der Waals surface area contributed by atoms with Crippen molar-refractivity contribution in [3.05, 3.63) is 60.3 Å². The number of carbonyl (C=O) groups excluding carboxylic acids is 2. The van der Waals surface area contributed by atoms with Gasteiger partial charge in [-0.1, -0.05) is 43.3 Å². The third kappa shape index (κ3) is 6.84. The lowest BCUT2D eigenvalue weighted by Crippen LogP contribution is -2.53. The zero-order chi connectivity index (χ0) is 25.4. The van der Waals surface area contributed by atoms with Crippen molar-refractivity contribution in [1.82, 2.24) is 15.2 Å². The highest BCUT2D eigenvalue weighted by Gasteiger charge is 2.38. The molecule has 2 aliphatic rings. The Morgan fingerprint density at radius 2 is 1.78 bits per heavy atom. The topological polar surface area (TPSA) is 94.6 Å². The smallest absolute Gasteiger partial charge is 0.317 e. The molecule has 0 bridgehead atoms. The molecular formula is C29H40N4O3. The monoisotopic (exact) mass is 492 g/mol. The maximum Gasteiger partial charge on any atom is 0.317 e. The maximum absolute atomic E-state index is 13.3. The fraction of sp³-hybridized carbons (Fsp3) is 0.552. The van der Waals surface area contributed by atoms with Crippen molar-refractivity contribution in [1.29, 1.82) is 0 Å². The minimum Gasteiger partial charge on any atom is -0.388 e. The molecule has 2 aromatic rings. The summed E-state index contributed by atoms with van der Waals surface area (Å²) in [4.78, 5) is 31.8. The SMILES string of the molecule is CCC1(CN(CCC(=O)Nc2ccccn2)C(=O)NCC2(O)CCC2)CCC(c2ccccc2)CC1. The summed E-state index contributed by atoms with van der Waals surface area (Å²) in [7, 11) is 0. The zero-order valence-corrected chi connectivity index (χ0v) is 21.4. The van der Waals surface area contributed by atoms with Crippen LogP contribution >= 0.6 is 0 Å². The number of rotatable bonds is 10. The van der Waals surface area contributed by atoms with E-state index in [0.717, 1.165) is 51.4 Å². The average Bonchev–Trinajstić information content (AvgIpc) is 2.90. The number of anilines is 1. The summed E-state index contributed by atoms with van der Waals surface area (Å²) in [5.41, 5.74) is 0.651. The van der Waals surface area contributed by atoms with Gasteiger partial charge in [-0.05, 0) is 80.4 Å². The van der Waals surface area contributed by atoms with Gasteiger partial charge in [0.05, 0.1) is 5.60 Å². The summed E-state index contributed by atoms with van der Waals surface area (Å²) in [6.07, 6.45) is 9.57. The minimum absolute atomic E-state index is 0.0352. The normalized spacial score (nSPS) is 22.8. The van der Waals surface area contributed by atoms with Crippen LogP contribution in [0, 0.1) is 5.41 Å². The van der Waals surface area contributed by atoms with Gasteiger partial charge in [-0.15, -0.1) is 0 Å². The maximum atomic E-state index is 13.3. The molecule has 0 spiro atoms. The van der Waals surface area contributed by atoms with Crippen LogP contribution in [0.15, 0.2) is 54.7 Å². The number of urea groups is 1. The lowest BCUT2D eigenvalue weighted by Gasteiger charge is -2.43. The van der Waals surface area contributed by atoms with E-state index in [1.807, 2.05) is 6.07 Å². The van der Waals surface area contributed by atoms with E-state index in [1.165, 1.54) is 5.56 Å². The van der Waals surface area contributed by atoms with E-state index < -0.39 is 5.60 Å². The van der Waals surface area contributed by atoms with Crippen molar-refractivity contribution >= 4 is 17.8 Å². The Morgan fingerprint density at radius 1 is 1.06 bits per heavy atom. The van der Waals surface area contributed by atoms with Crippen LogP contribution in [0.2, 0.25) is 0 Å². The third-order valence-corrected chi connectivity index (χ3v) is 8.27. The molecule has 2 aliphatic carbocycles. The minimum atomic E-state index is -0.784. The van der Waals surface area contributed by atoms with E-state index in [1.54, 1.807) is 23.2 Å². The predicted molar refractivity (Wildman–Crippen MR) is 142 cm³/mol. The van der Waals surface area contributed by atoms with Gasteiger partial charge in [0.2, 0.25) is 5.91 Å². The van der Waals surface area contributed by atoms with Gasteiger partial charge in [0, 0.05) is 32.3 Å². The number of hydrogen-bond acceptors (Lipinski definition) is 4. The molecule has 4 rings (SSSR count). The van der Waals surface area contributed by atoms with Crippen LogP contribution in [0.3, 0.4) is 0 Å². The van der Waals surface area contributed by atoms with Gasteiger partial charge in [-0.2, -0.15) is 0 Å². The molecule has 3 N–H and O–H groups in total. The summed E-state index contributed by atoms with van der Waals surface area (Å²) < 4.78 is 0. The van der Waals surface area contributed by atoms with E-state index in [0.29, 0.717) is 24.8 Å². The van der Waals surface area contributed by atoms with Crippen molar-refractivity contribution in [3.63, 3.8) is 0 Å². The first-order valence-corrected chi connectivity index (χ1v) is 13.4. The van der Waals surface area contributed by atoms with Crippen molar-refractivity contribution in [2.75, 3.05) is 25.0 Å². The lowest BCUT2D eigenvalue weighted by molar-refractivity contribution is -0.116. The fourth-order valence-electron chi connectivity index (χ4n) is 5.56. The Labute approximate surface area is 214 Å². The number of aliphatic hydroxyl groups is 1. The van der Waals surface area contributed by atoms with Crippen LogP contribution in [0.1, 0.15) is 76.2 Å². The molecule has 0 saturated heterocycles. The highest BCUT2D eigenvalue weighted by Crippen LogP contribution is 2.45. The van der Waals surface area contributed by atoms with E-state index in [4.69, 9.17) is 0 Å². The molecule has 1 aromatic carbocycles. The molecule has 0 aliphatic heterocycles. The van der Waals surface area contributed by atoms with Crippen molar-refractivity contribution in [2.45, 2.75) is 76.2 Å². The van der Waals surface area contributed by atoms with Gasteiger partial charge in [-0.3, -0.25) is 4.79 Å². The Kier molecular flexibility index (Phi) is 8.62. The number of hydrogen-bond donors (Lipinski definition) is 3.